The molecule has 0 unspecified atom stereocenters. The minimum atomic E-state index is -0.392. The molecule has 23 heavy (non-hydrogen) atoms. The highest BCUT2D eigenvalue weighted by molar-refractivity contribution is 6.06. The van der Waals surface area contributed by atoms with E-state index in [4.69, 9.17) is 0 Å². The highest BCUT2D eigenvalue weighted by Gasteiger charge is 2.13. The number of para-hydroxylation sites is 2. The molecule has 1 aromatic heterocycles. The molecule has 0 atom stereocenters. The zero-order valence-electron chi connectivity index (χ0n) is 12.1. The van der Waals surface area contributed by atoms with Crippen molar-refractivity contribution in [2.24, 2.45) is 0 Å². The molecule has 2 N–H and O–H groups in total. The van der Waals surface area contributed by atoms with Crippen molar-refractivity contribution >= 4 is 27.7 Å². The molecule has 1 amide bonds. The number of aromatic nitrogens is 2. The van der Waals surface area contributed by atoms with Gasteiger partial charge >= 0.3 is 0 Å². The van der Waals surface area contributed by atoms with Gasteiger partial charge in [-0.3, -0.25) is 10.2 Å². The number of nitrogens with one attached hydrogen (secondary N) is 1. The maximum atomic E-state index is 12.5. The van der Waals surface area contributed by atoms with Gasteiger partial charge in [-0.15, -0.1) is 0 Å². The van der Waals surface area contributed by atoms with Crippen molar-refractivity contribution in [3.63, 3.8) is 0 Å². The van der Waals surface area contributed by atoms with Gasteiger partial charge in [-0.1, -0.05) is 36.4 Å². The number of amides is 1. The molecular weight excluding hydrogens is 290 g/mol. The first-order valence-electron chi connectivity index (χ1n) is 7.17. The number of rotatable bonds is 2. The van der Waals surface area contributed by atoms with Crippen molar-refractivity contribution in [2.45, 2.75) is 0 Å². The molecule has 4 aromatic rings. The van der Waals surface area contributed by atoms with E-state index < -0.39 is 5.91 Å². The van der Waals surface area contributed by atoms with Crippen LogP contribution >= 0.6 is 0 Å². The fraction of sp³-hybridized carbons (Fsp3) is 0. The topological polar surface area (TPSA) is 67.2 Å². The van der Waals surface area contributed by atoms with Crippen LogP contribution in [0.3, 0.4) is 0 Å². The number of phenolic OH excluding ortho intramolecular Hbond substituents is 1. The summed E-state index contributed by atoms with van der Waals surface area (Å²) in [6, 6.07) is 18.3. The van der Waals surface area contributed by atoms with Crippen molar-refractivity contribution in [3.8, 4) is 5.75 Å². The van der Waals surface area contributed by atoms with Crippen LogP contribution in [0.25, 0.3) is 21.8 Å². The molecule has 0 fully saturated rings. The molecular formula is C18H13N3O2. The molecule has 0 aliphatic heterocycles. The number of imidazole rings is 1. The lowest BCUT2D eigenvalue weighted by atomic mass is 10.1. The summed E-state index contributed by atoms with van der Waals surface area (Å²) < 4.78 is 1.55. The predicted octanol–water partition coefficient (Wildman–Crippen LogP) is 3.28. The average Bonchev–Trinajstić information content (AvgIpc) is 2.97. The van der Waals surface area contributed by atoms with E-state index in [0.29, 0.717) is 0 Å². The third-order valence-electron chi connectivity index (χ3n) is 3.78. The van der Waals surface area contributed by atoms with Crippen molar-refractivity contribution in [1.29, 1.82) is 0 Å². The quantitative estimate of drug-likeness (QED) is 0.597. The van der Waals surface area contributed by atoms with E-state index in [1.165, 1.54) is 0 Å². The molecule has 0 aliphatic carbocycles. The molecule has 4 rings (SSSR count). The van der Waals surface area contributed by atoms with E-state index in [2.05, 4.69) is 10.4 Å². The Morgan fingerprint density at radius 3 is 2.52 bits per heavy atom. The van der Waals surface area contributed by atoms with E-state index >= 15 is 0 Å². The van der Waals surface area contributed by atoms with Gasteiger partial charge in [0.25, 0.3) is 5.91 Å². The molecule has 0 saturated heterocycles. The fourth-order valence-electron chi connectivity index (χ4n) is 2.63. The summed E-state index contributed by atoms with van der Waals surface area (Å²) >= 11 is 0. The Morgan fingerprint density at radius 2 is 1.70 bits per heavy atom. The van der Waals surface area contributed by atoms with Crippen molar-refractivity contribution < 1.29 is 9.90 Å². The normalized spacial score (nSPS) is 11.0. The second kappa shape index (κ2) is 5.14. The molecule has 5 heteroatoms. The van der Waals surface area contributed by atoms with Crippen molar-refractivity contribution in [3.05, 3.63) is 72.6 Å². The number of hydrogen-bond donors (Lipinski definition) is 2. The van der Waals surface area contributed by atoms with Gasteiger partial charge < -0.3 is 5.11 Å². The van der Waals surface area contributed by atoms with Crippen LogP contribution in [0.1, 0.15) is 10.4 Å². The van der Waals surface area contributed by atoms with Gasteiger partial charge in [0, 0.05) is 0 Å². The molecule has 0 aliphatic rings. The molecule has 0 saturated carbocycles. The van der Waals surface area contributed by atoms with E-state index in [0.717, 1.165) is 21.8 Å². The van der Waals surface area contributed by atoms with E-state index in [9.17, 15) is 9.90 Å². The first kappa shape index (κ1) is 13.3. The van der Waals surface area contributed by atoms with Crippen molar-refractivity contribution in [1.82, 2.24) is 9.66 Å². The number of aromatic hydroxyl groups is 1. The Bertz CT molecular complexity index is 1040. The molecule has 3 aromatic carbocycles. The Labute approximate surface area is 131 Å². The number of carbonyl (C=O) groups is 1. The smallest absolute Gasteiger partial charge is 0.273 e. The maximum Gasteiger partial charge on any atom is 0.273 e. The SMILES string of the molecule is O=C(Nn1cnc2ccccc21)c1cc2ccccc2cc1O. The van der Waals surface area contributed by atoms with Gasteiger partial charge in [0.15, 0.2) is 0 Å². The second-order valence-corrected chi connectivity index (χ2v) is 5.26. The third-order valence-corrected chi connectivity index (χ3v) is 3.78. The Hall–Kier alpha value is -3.34. The summed E-state index contributed by atoms with van der Waals surface area (Å²) in [7, 11) is 0. The van der Waals surface area contributed by atoms with Gasteiger partial charge in [0.1, 0.15) is 12.1 Å². The lowest BCUT2D eigenvalue weighted by Gasteiger charge is -2.09. The fourth-order valence-corrected chi connectivity index (χ4v) is 2.63. The Balaban J connectivity index is 1.73. The first-order valence-corrected chi connectivity index (χ1v) is 7.17. The highest BCUT2D eigenvalue weighted by Crippen LogP contribution is 2.25. The zero-order valence-corrected chi connectivity index (χ0v) is 12.1. The van der Waals surface area contributed by atoms with Crippen LogP contribution in [0.4, 0.5) is 0 Å². The van der Waals surface area contributed by atoms with Gasteiger partial charge in [-0.2, -0.15) is 0 Å². The summed E-state index contributed by atoms with van der Waals surface area (Å²) in [5.74, 6) is -0.443. The minimum Gasteiger partial charge on any atom is -0.507 e. The average molecular weight is 303 g/mol. The number of hydrogen-bond acceptors (Lipinski definition) is 3. The largest absolute Gasteiger partial charge is 0.507 e. The van der Waals surface area contributed by atoms with Crippen molar-refractivity contribution in [2.75, 3.05) is 5.43 Å². The van der Waals surface area contributed by atoms with E-state index in [-0.39, 0.29) is 11.3 Å². The van der Waals surface area contributed by atoms with Crippen LogP contribution in [-0.2, 0) is 0 Å². The summed E-state index contributed by atoms with van der Waals surface area (Å²) in [5, 5.41) is 11.9. The van der Waals surface area contributed by atoms with Crippen LogP contribution in [0.15, 0.2) is 67.0 Å². The number of nitrogens with zero attached hydrogens (tertiary/aromatic N) is 2. The van der Waals surface area contributed by atoms with Crippen LogP contribution in [0.2, 0.25) is 0 Å². The van der Waals surface area contributed by atoms with Gasteiger partial charge in [-0.05, 0) is 35.0 Å². The summed E-state index contributed by atoms with van der Waals surface area (Å²) in [4.78, 5) is 16.7. The number of fused-ring (bicyclic) bond motifs is 2. The number of benzene rings is 3. The summed E-state index contributed by atoms with van der Waals surface area (Å²) in [5.41, 5.74) is 4.55. The number of carbonyl (C=O) groups excluding carboxylic acids is 1. The first-order chi connectivity index (χ1) is 11.2. The minimum absolute atomic E-state index is 0.0504. The van der Waals surface area contributed by atoms with Gasteiger partial charge in [0.05, 0.1) is 16.6 Å². The molecule has 1 heterocycles. The number of phenols is 1. The van der Waals surface area contributed by atoms with Crippen LogP contribution in [0, 0.1) is 0 Å². The van der Waals surface area contributed by atoms with Crippen LogP contribution < -0.4 is 5.43 Å². The molecule has 112 valence electrons. The molecule has 0 bridgehead atoms. The summed E-state index contributed by atoms with van der Waals surface area (Å²) in [6.07, 6.45) is 1.54. The highest BCUT2D eigenvalue weighted by atomic mass is 16.3. The molecule has 0 radical (unpaired) electrons. The monoisotopic (exact) mass is 303 g/mol. The molecule has 0 spiro atoms. The summed E-state index contributed by atoms with van der Waals surface area (Å²) in [6.45, 7) is 0. The predicted molar refractivity (Wildman–Crippen MR) is 89.0 cm³/mol. The zero-order chi connectivity index (χ0) is 15.8. The van der Waals surface area contributed by atoms with Crippen LogP contribution in [-0.4, -0.2) is 20.7 Å². The maximum absolute atomic E-state index is 12.5. The van der Waals surface area contributed by atoms with Crippen LogP contribution in [0.5, 0.6) is 5.75 Å². The van der Waals surface area contributed by atoms with Gasteiger partial charge in [-0.25, -0.2) is 9.66 Å². The Kier molecular flexibility index (Phi) is 2.98. The lowest BCUT2D eigenvalue weighted by Crippen LogP contribution is -2.22. The van der Waals surface area contributed by atoms with E-state index in [1.54, 1.807) is 23.1 Å². The molecule has 5 nitrogen and oxygen atoms in total. The third kappa shape index (κ3) is 2.28. The second-order valence-electron chi connectivity index (χ2n) is 5.26. The lowest BCUT2D eigenvalue weighted by molar-refractivity contribution is 0.101. The standard InChI is InChI=1S/C18H13N3O2/c22-17-10-13-6-2-1-5-12(13)9-14(17)18(23)20-21-11-19-15-7-3-4-8-16(15)21/h1-11,22H,(H,20,23). The van der Waals surface area contributed by atoms with Gasteiger partial charge in [0.2, 0.25) is 0 Å². The van der Waals surface area contributed by atoms with E-state index in [1.807, 2.05) is 48.5 Å². The Morgan fingerprint density at radius 1 is 1.00 bits per heavy atom.